The number of nitrogen functional groups attached to an aromatic ring is 1. The second-order valence-corrected chi connectivity index (χ2v) is 14.4. The van der Waals surface area contributed by atoms with Gasteiger partial charge in [0.2, 0.25) is 5.91 Å². The Morgan fingerprint density at radius 1 is 0.957 bits per heavy atom. The van der Waals surface area contributed by atoms with Crippen molar-refractivity contribution in [2.24, 2.45) is 11.8 Å². The van der Waals surface area contributed by atoms with Crippen molar-refractivity contribution in [3.63, 3.8) is 0 Å². The van der Waals surface area contributed by atoms with Gasteiger partial charge in [-0.1, -0.05) is 42.8 Å². The van der Waals surface area contributed by atoms with Gasteiger partial charge in [0.25, 0.3) is 0 Å². The Hall–Kier alpha value is -3.50. The van der Waals surface area contributed by atoms with Gasteiger partial charge in [-0.15, -0.1) is 0 Å². The highest BCUT2D eigenvalue weighted by molar-refractivity contribution is 6.33. The Balaban J connectivity index is 1.10. The highest BCUT2D eigenvalue weighted by Gasteiger charge is 2.36. The fourth-order valence-electron chi connectivity index (χ4n) is 8.03. The molecule has 3 fully saturated rings. The summed E-state index contributed by atoms with van der Waals surface area (Å²) < 4.78 is 0. The summed E-state index contributed by atoms with van der Waals surface area (Å²) >= 11 is 6.50. The van der Waals surface area contributed by atoms with Crippen molar-refractivity contribution in [1.29, 1.82) is 0 Å². The first-order valence-corrected chi connectivity index (χ1v) is 17.8. The van der Waals surface area contributed by atoms with E-state index >= 15 is 0 Å². The molecule has 4 heterocycles. The van der Waals surface area contributed by atoms with E-state index in [-0.39, 0.29) is 24.0 Å². The monoisotopic (exact) mass is 663 g/mol. The molecule has 11 heteroatoms. The Morgan fingerprint density at radius 2 is 1.60 bits per heavy atom. The third-order valence-corrected chi connectivity index (χ3v) is 11.3. The van der Waals surface area contributed by atoms with Crippen LogP contribution >= 0.6 is 11.6 Å². The molecule has 0 bridgehead atoms. The molecule has 10 nitrogen and oxygen atoms in total. The van der Waals surface area contributed by atoms with Gasteiger partial charge >= 0.3 is 12.1 Å². The largest absolute Gasteiger partial charge is 0.397 e. The number of amides is 5. The molecule has 4 aliphatic heterocycles. The van der Waals surface area contributed by atoms with Crippen LogP contribution in [0.5, 0.6) is 0 Å². The number of piperidine rings is 3. The van der Waals surface area contributed by atoms with Crippen LogP contribution in [0.1, 0.15) is 62.1 Å². The number of para-hydroxylation sites is 1. The SMILES string of the molecule is CCc1cc(C[C@@H](NC(=O)N2CCC(N3Cc4ccccc4NC3=O)CC2)C(=O)N2CCC(C3CCN(C)CC3)CC2)cc(Cl)c1N. The lowest BCUT2D eigenvalue weighted by Crippen LogP contribution is -2.57. The first kappa shape index (κ1) is 33.4. The van der Waals surface area contributed by atoms with Crippen LogP contribution in [0.3, 0.4) is 0 Å². The number of nitrogens with two attached hydrogens (primary N) is 1. The van der Waals surface area contributed by atoms with E-state index in [1.807, 2.05) is 53.1 Å². The van der Waals surface area contributed by atoms with Crippen LogP contribution < -0.4 is 16.4 Å². The molecule has 1 atom stereocenters. The van der Waals surface area contributed by atoms with Crippen LogP contribution in [-0.2, 0) is 24.2 Å². The van der Waals surface area contributed by atoms with Gasteiger partial charge in [0.05, 0.1) is 10.7 Å². The highest BCUT2D eigenvalue weighted by atomic mass is 35.5. The van der Waals surface area contributed by atoms with Gasteiger partial charge in [-0.25, -0.2) is 9.59 Å². The van der Waals surface area contributed by atoms with Gasteiger partial charge < -0.3 is 36.0 Å². The molecule has 47 heavy (non-hydrogen) atoms. The number of nitrogens with zero attached hydrogens (tertiary/aromatic N) is 4. The minimum absolute atomic E-state index is 0.0373. The lowest BCUT2D eigenvalue weighted by Gasteiger charge is -2.41. The topological polar surface area (TPSA) is 114 Å². The second-order valence-electron chi connectivity index (χ2n) is 13.9. The molecule has 254 valence electrons. The van der Waals surface area contributed by atoms with Crippen molar-refractivity contribution in [3.8, 4) is 0 Å². The number of nitrogens with one attached hydrogen (secondary N) is 2. The quantitative estimate of drug-likeness (QED) is 0.353. The summed E-state index contributed by atoms with van der Waals surface area (Å²) in [6.45, 7) is 7.36. The maximum Gasteiger partial charge on any atom is 0.322 e. The molecule has 0 aliphatic carbocycles. The van der Waals surface area contributed by atoms with Crippen molar-refractivity contribution in [1.82, 2.24) is 24.9 Å². The van der Waals surface area contributed by atoms with Crippen LogP contribution in [-0.4, -0.2) is 96.0 Å². The van der Waals surface area contributed by atoms with E-state index in [1.165, 1.54) is 12.8 Å². The van der Waals surface area contributed by atoms with E-state index in [0.29, 0.717) is 55.5 Å². The summed E-state index contributed by atoms with van der Waals surface area (Å²) in [6, 6.07) is 10.7. The number of hydrogen-bond donors (Lipinski definition) is 3. The van der Waals surface area contributed by atoms with Crippen molar-refractivity contribution in [3.05, 3.63) is 58.1 Å². The van der Waals surface area contributed by atoms with Gasteiger partial charge in [0, 0.05) is 50.9 Å². The number of hydrogen-bond acceptors (Lipinski definition) is 5. The van der Waals surface area contributed by atoms with E-state index in [1.54, 1.807) is 4.90 Å². The predicted molar refractivity (Wildman–Crippen MR) is 186 cm³/mol. The third-order valence-electron chi connectivity index (χ3n) is 11.0. The van der Waals surface area contributed by atoms with Crippen molar-refractivity contribution in [2.75, 3.05) is 57.4 Å². The number of benzene rings is 2. The van der Waals surface area contributed by atoms with E-state index in [2.05, 4.69) is 22.6 Å². The van der Waals surface area contributed by atoms with Crippen molar-refractivity contribution < 1.29 is 14.4 Å². The Labute approximate surface area is 283 Å². The molecule has 0 spiro atoms. The minimum atomic E-state index is -0.714. The molecule has 2 aromatic carbocycles. The molecule has 0 aromatic heterocycles. The van der Waals surface area contributed by atoms with E-state index in [4.69, 9.17) is 17.3 Å². The molecule has 4 aliphatic rings. The van der Waals surface area contributed by atoms with E-state index in [9.17, 15) is 14.4 Å². The molecule has 4 N–H and O–H groups in total. The number of carbonyl (C=O) groups is 3. The number of rotatable bonds is 7. The molecule has 3 saturated heterocycles. The number of fused-ring (bicyclic) bond motifs is 1. The zero-order valence-electron chi connectivity index (χ0n) is 27.8. The first-order valence-electron chi connectivity index (χ1n) is 17.4. The van der Waals surface area contributed by atoms with Crippen LogP contribution in [0, 0.1) is 11.8 Å². The lowest BCUT2D eigenvalue weighted by atomic mass is 9.79. The summed E-state index contributed by atoms with van der Waals surface area (Å²) in [7, 11) is 2.19. The average molecular weight is 664 g/mol. The van der Waals surface area contributed by atoms with Gasteiger partial charge in [0.1, 0.15) is 6.04 Å². The first-order chi connectivity index (χ1) is 22.7. The Morgan fingerprint density at radius 3 is 2.28 bits per heavy atom. The average Bonchev–Trinajstić information content (AvgIpc) is 3.09. The van der Waals surface area contributed by atoms with Crippen LogP contribution in [0.25, 0.3) is 0 Å². The number of likely N-dealkylation sites (tertiary alicyclic amines) is 3. The van der Waals surface area contributed by atoms with Crippen LogP contribution in [0.15, 0.2) is 36.4 Å². The maximum absolute atomic E-state index is 14.1. The number of halogens is 1. The van der Waals surface area contributed by atoms with E-state index < -0.39 is 6.04 Å². The summed E-state index contributed by atoms with van der Waals surface area (Å²) in [5.74, 6) is 1.35. The fourth-order valence-corrected chi connectivity index (χ4v) is 8.29. The smallest absolute Gasteiger partial charge is 0.322 e. The Kier molecular flexibility index (Phi) is 10.5. The predicted octanol–water partition coefficient (Wildman–Crippen LogP) is 5.20. The molecular formula is C36H50ClN7O3. The molecule has 0 unspecified atom stereocenters. The fraction of sp³-hybridized carbons (Fsp3) is 0.583. The zero-order valence-corrected chi connectivity index (χ0v) is 28.6. The number of aryl methyl sites for hydroxylation is 1. The third kappa shape index (κ3) is 7.64. The second kappa shape index (κ2) is 14.7. The van der Waals surface area contributed by atoms with Crippen molar-refractivity contribution >= 4 is 40.9 Å². The molecule has 0 saturated carbocycles. The number of carbonyl (C=O) groups excluding carboxylic acids is 3. The normalized spacial score (nSPS) is 20.9. The summed E-state index contributed by atoms with van der Waals surface area (Å²) in [4.78, 5) is 48.8. The standard InChI is InChI=1S/C36H50ClN7O3/c1-3-25-20-24(21-30(37)33(25)38)22-32(34(45)42-16-10-27(11-17-42)26-8-14-41(2)15-9-26)40-35(46)43-18-12-29(13-19-43)44-23-28-6-4-5-7-31(28)39-36(44)47/h4-7,20-21,26-27,29,32H,3,8-19,22-23,38H2,1-2H3,(H,39,47)(H,40,46)/t32-/m1/s1. The van der Waals surface area contributed by atoms with Gasteiger partial charge in [-0.2, -0.15) is 0 Å². The molecule has 2 aromatic rings. The Bertz CT molecular complexity index is 1450. The van der Waals surface area contributed by atoms with Crippen LogP contribution in [0.2, 0.25) is 5.02 Å². The molecule has 5 amide bonds. The molecule has 0 radical (unpaired) electrons. The summed E-state index contributed by atoms with van der Waals surface area (Å²) in [5.41, 5.74) is 10.6. The van der Waals surface area contributed by atoms with Gasteiger partial charge in [0.15, 0.2) is 0 Å². The van der Waals surface area contributed by atoms with Crippen molar-refractivity contribution in [2.45, 2.75) is 76.9 Å². The van der Waals surface area contributed by atoms with Crippen LogP contribution in [0.4, 0.5) is 21.0 Å². The van der Waals surface area contributed by atoms with E-state index in [0.717, 1.165) is 73.7 Å². The molecule has 6 rings (SSSR count). The summed E-state index contributed by atoms with van der Waals surface area (Å²) in [5, 5.41) is 6.60. The minimum Gasteiger partial charge on any atom is -0.397 e. The molecular weight excluding hydrogens is 614 g/mol. The van der Waals surface area contributed by atoms with Gasteiger partial charge in [-0.3, -0.25) is 4.79 Å². The highest BCUT2D eigenvalue weighted by Crippen LogP contribution is 2.33. The lowest BCUT2D eigenvalue weighted by molar-refractivity contribution is -0.135. The summed E-state index contributed by atoms with van der Waals surface area (Å²) in [6.07, 6.45) is 6.92. The van der Waals surface area contributed by atoms with Gasteiger partial charge in [-0.05, 0) is 106 Å². The number of anilines is 2. The number of urea groups is 2. The zero-order chi connectivity index (χ0) is 33.1. The maximum atomic E-state index is 14.1.